The molecular weight excluding hydrogens is 228 g/mol. The SMILES string of the molecule is CC(C)OCCNS(=O)(=O)CC1CCCN1. The Labute approximate surface area is 98.0 Å². The molecule has 0 aromatic rings. The van der Waals surface area contributed by atoms with E-state index < -0.39 is 10.0 Å². The lowest BCUT2D eigenvalue weighted by Crippen LogP contribution is -2.38. The molecule has 1 unspecified atom stereocenters. The van der Waals surface area contributed by atoms with Gasteiger partial charge in [-0.25, -0.2) is 13.1 Å². The summed E-state index contributed by atoms with van der Waals surface area (Å²) in [5, 5.41) is 3.17. The fraction of sp³-hybridized carbons (Fsp3) is 1.00. The van der Waals surface area contributed by atoms with Gasteiger partial charge in [-0.3, -0.25) is 0 Å². The third-order valence-electron chi connectivity index (χ3n) is 2.46. The van der Waals surface area contributed by atoms with Crippen LogP contribution in [0.2, 0.25) is 0 Å². The van der Waals surface area contributed by atoms with Crippen molar-refractivity contribution in [3.05, 3.63) is 0 Å². The van der Waals surface area contributed by atoms with Gasteiger partial charge in [0.25, 0.3) is 0 Å². The maximum Gasteiger partial charge on any atom is 0.213 e. The van der Waals surface area contributed by atoms with E-state index in [1.165, 1.54) is 0 Å². The second-order valence-corrected chi connectivity index (χ2v) is 6.24. The van der Waals surface area contributed by atoms with Crippen LogP contribution in [0.4, 0.5) is 0 Å². The lowest BCUT2D eigenvalue weighted by Gasteiger charge is -2.12. The van der Waals surface area contributed by atoms with Crippen molar-refractivity contribution in [1.29, 1.82) is 0 Å². The molecule has 1 aliphatic rings. The van der Waals surface area contributed by atoms with E-state index in [4.69, 9.17) is 4.74 Å². The predicted octanol–water partition coefficient (Wildman–Crippen LogP) is 0.0828. The van der Waals surface area contributed by atoms with Gasteiger partial charge in [0.05, 0.1) is 18.5 Å². The van der Waals surface area contributed by atoms with Gasteiger partial charge in [0.2, 0.25) is 10.0 Å². The van der Waals surface area contributed by atoms with Crippen LogP contribution < -0.4 is 10.0 Å². The van der Waals surface area contributed by atoms with Gasteiger partial charge in [0.15, 0.2) is 0 Å². The third kappa shape index (κ3) is 5.79. The molecule has 1 saturated heterocycles. The minimum absolute atomic E-state index is 0.114. The molecule has 0 aromatic carbocycles. The first-order valence-corrected chi connectivity index (χ1v) is 7.47. The summed E-state index contributed by atoms with van der Waals surface area (Å²) in [6.07, 6.45) is 2.15. The molecule has 1 atom stereocenters. The molecule has 1 heterocycles. The average molecular weight is 250 g/mol. The molecule has 96 valence electrons. The highest BCUT2D eigenvalue weighted by Gasteiger charge is 2.21. The van der Waals surface area contributed by atoms with Crippen LogP contribution in [0.25, 0.3) is 0 Å². The fourth-order valence-corrected chi connectivity index (χ4v) is 3.04. The van der Waals surface area contributed by atoms with Crippen LogP contribution in [0.15, 0.2) is 0 Å². The molecule has 0 amide bonds. The van der Waals surface area contributed by atoms with Crippen molar-refractivity contribution in [2.45, 2.75) is 38.8 Å². The highest BCUT2D eigenvalue weighted by molar-refractivity contribution is 7.89. The summed E-state index contributed by atoms with van der Waals surface area (Å²) in [5.41, 5.74) is 0. The molecule has 5 nitrogen and oxygen atoms in total. The zero-order valence-corrected chi connectivity index (χ0v) is 10.8. The van der Waals surface area contributed by atoms with Crippen molar-refractivity contribution in [2.24, 2.45) is 0 Å². The second kappa shape index (κ2) is 6.54. The van der Waals surface area contributed by atoms with Gasteiger partial charge in [-0.2, -0.15) is 0 Å². The van der Waals surface area contributed by atoms with Crippen LogP contribution in [-0.4, -0.2) is 46.0 Å². The minimum atomic E-state index is -3.16. The van der Waals surface area contributed by atoms with Gasteiger partial charge in [0.1, 0.15) is 0 Å². The van der Waals surface area contributed by atoms with Crippen molar-refractivity contribution in [2.75, 3.05) is 25.4 Å². The molecule has 0 aromatic heterocycles. The molecule has 0 spiro atoms. The van der Waals surface area contributed by atoms with Crippen molar-refractivity contribution < 1.29 is 13.2 Å². The largest absolute Gasteiger partial charge is 0.377 e. The summed E-state index contributed by atoms with van der Waals surface area (Å²) in [6.45, 7) is 5.56. The third-order valence-corrected chi connectivity index (χ3v) is 3.94. The predicted molar refractivity (Wildman–Crippen MR) is 63.9 cm³/mol. The van der Waals surface area contributed by atoms with Gasteiger partial charge in [-0.15, -0.1) is 0 Å². The molecule has 6 heteroatoms. The molecule has 1 aliphatic heterocycles. The average Bonchev–Trinajstić information content (AvgIpc) is 2.64. The van der Waals surface area contributed by atoms with Gasteiger partial charge < -0.3 is 10.1 Å². The lowest BCUT2D eigenvalue weighted by atomic mass is 10.3. The normalized spacial score (nSPS) is 21.8. The molecule has 0 bridgehead atoms. The highest BCUT2D eigenvalue weighted by Crippen LogP contribution is 2.06. The van der Waals surface area contributed by atoms with Gasteiger partial charge in [-0.1, -0.05) is 0 Å². The monoisotopic (exact) mass is 250 g/mol. The molecule has 1 fully saturated rings. The van der Waals surface area contributed by atoms with E-state index in [9.17, 15) is 8.42 Å². The van der Waals surface area contributed by atoms with E-state index >= 15 is 0 Å². The summed E-state index contributed by atoms with van der Waals surface area (Å²) in [5.74, 6) is 0.175. The summed E-state index contributed by atoms with van der Waals surface area (Å²) in [4.78, 5) is 0. The Balaban J connectivity index is 2.18. The quantitative estimate of drug-likeness (QED) is 0.628. The van der Waals surface area contributed by atoms with E-state index in [2.05, 4.69) is 10.0 Å². The fourth-order valence-electron chi connectivity index (χ4n) is 1.71. The molecule has 1 rings (SSSR count). The van der Waals surface area contributed by atoms with Crippen molar-refractivity contribution in [3.63, 3.8) is 0 Å². The van der Waals surface area contributed by atoms with Crippen LogP contribution in [0.3, 0.4) is 0 Å². The number of rotatable bonds is 7. The van der Waals surface area contributed by atoms with Crippen LogP contribution in [-0.2, 0) is 14.8 Å². The molecule has 0 radical (unpaired) electrons. The van der Waals surface area contributed by atoms with E-state index in [-0.39, 0.29) is 17.9 Å². The molecule has 16 heavy (non-hydrogen) atoms. The summed E-state index contributed by atoms with van der Waals surface area (Å²) in [6, 6.07) is 0.114. The Morgan fingerprint density at radius 2 is 2.25 bits per heavy atom. The van der Waals surface area contributed by atoms with Crippen LogP contribution in [0.5, 0.6) is 0 Å². The second-order valence-electron chi connectivity index (χ2n) is 4.39. The topological polar surface area (TPSA) is 67.4 Å². The number of sulfonamides is 1. The Bertz CT molecular complexity index is 284. The molecule has 0 aliphatic carbocycles. The van der Waals surface area contributed by atoms with E-state index in [1.54, 1.807) is 0 Å². The summed E-state index contributed by atoms with van der Waals surface area (Å²) >= 11 is 0. The van der Waals surface area contributed by atoms with Crippen molar-refractivity contribution >= 4 is 10.0 Å². The molecule has 2 N–H and O–H groups in total. The number of ether oxygens (including phenoxy) is 1. The number of hydrogen-bond donors (Lipinski definition) is 2. The zero-order chi connectivity index (χ0) is 12.0. The maximum atomic E-state index is 11.6. The Morgan fingerprint density at radius 1 is 1.50 bits per heavy atom. The smallest absolute Gasteiger partial charge is 0.213 e. The lowest BCUT2D eigenvalue weighted by molar-refractivity contribution is 0.0834. The van der Waals surface area contributed by atoms with E-state index in [1.807, 2.05) is 13.8 Å². The van der Waals surface area contributed by atoms with Crippen LogP contribution in [0, 0.1) is 0 Å². The summed E-state index contributed by atoms with van der Waals surface area (Å²) < 4.78 is 31.1. The number of hydrogen-bond acceptors (Lipinski definition) is 4. The van der Waals surface area contributed by atoms with Crippen molar-refractivity contribution in [3.8, 4) is 0 Å². The first-order valence-electron chi connectivity index (χ1n) is 5.82. The van der Waals surface area contributed by atoms with Gasteiger partial charge in [0, 0.05) is 12.6 Å². The van der Waals surface area contributed by atoms with Crippen molar-refractivity contribution in [1.82, 2.24) is 10.0 Å². The van der Waals surface area contributed by atoms with E-state index in [0.717, 1.165) is 19.4 Å². The van der Waals surface area contributed by atoms with Gasteiger partial charge in [-0.05, 0) is 33.2 Å². The Hall–Kier alpha value is -0.170. The molecular formula is C10H22N2O3S. The van der Waals surface area contributed by atoms with Gasteiger partial charge >= 0.3 is 0 Å². The standard InChI is InChI=1S/C10H22N2O3S/c1-9(2)15-7-6-12-16(13,14)8-10-4-3-5-11-10/h9-12H,3-8H2,1-2H3. The minimum Gasteiger partial charge on any atom is -0.377 e. The first kappa shape index (κ1) is 13.9. The first-order chi connectivity index (χ1) is 7.49. The summed E-state index contributed by atoms with van der Waals surface area (Å²) in [7, 11) is -3.16. The Morgan fingerprint density at radius 3 is 2.81 bits per heavy atom. The molecule has 0 saturated carbocycles. The van der Waals surface area contributed by atoms with Crippen LogP contribution in [0.1, 0.15) is 26.7 Å². The zero-order valence-electron chi connectivity index (χ0n) is 10.0. The Kier molecular flexibility index (Phi) is 5.68. The highest BCUT2D eigenvalue weighted by atomic mass is 32.2. The van der Waals surface area contributed by atoms with Crippen LogP contribution >= 0.6 is 0 Å². The maximum absolute atomic E-state index is 11.6. The number of nitrogens with one attached hydrogen (secondary N) is 2. The van der Waals surface area contributed by atoms with E-state index in [0.29, 0.717) is 13.2 Å².